The van der Waals surface area contributed by atoms with E-state index in [1.807, 2.05) is 11.8 Å². The lowest BCUT2D eigenvalue weighted by atomic mass is 9.99. The Labute approximate surface area is 155 Å². The summed E-state index contributed by atoms with van der Waals surface area (Å²) in [6.07, 6.45) is 4.68. The first-order chi connectivity index (χ1) is 12.6. The average molecular weight is 365 g/mol. The third-order valence-electron chi connectivity index (χ3n) is 5.66. The van der Waals surface area contributed by atoms with E-state index >= 15 is 0 Å². The van der Waals surface area contributed by atoms with Crippen molar-refractivity contribution < 1.29 is 14.1 Å². The second kappa shape index (κ2) is 8.92. The van der Waals surface area contributed by atoms with Gasteiger partial charge in [-0.15, -0.1) is 0 Å². The molecule has 3 atom stereocenters. The molecule has 2 aliphatic rings. The second-order valence-electron chi connectivity index (χ2n) is 7.49. The molecule has 146 valence electrons. The third-order valence-corrected chi connectivity index (χ3v) is 5.66. The van der Waals surface area contributed by atoms with E-state index in [1.54, 1.807) is 7.11 Å². The second-order valence-corrected chi connectivity index (χ2v) is 7.49. The molecule has 2 fully saturated rings. The van der Waals surface area contributed by atoms with Crippen LogP contribution in [0.1, 0.15) is 56.8 Å². The van der Waals surface area contributed by atoms with Crippen molar-refractivity contribution in [3.05, 3.63) is 11.7 Å². The maximum atomic E-state index is 12.6. The van der Waals surface area contributed by atoms with Crippen molar-refractivity contribution in [2.24, 2.45) is 11.7 Å². The molecule has 2 N–H and O–H groups in total. The van der Waals surface area contributed by atoms with Gasteiger partial charge in [-0.05, 0) is 32.1 Å². The molecule has 1 saturated heterocycles. The molecule has 0 bridgehead atoms. The number of hydrogen-bond donors (Lipinski definition) is 1. The topological polar surface area (TPSA) is 97.7 Å². The van der Waals surface area contributed by atoms with E-state index in [4.69, 9.17) is 15.0 Å². The highest BCUT2D eigenvalue weighted by molar-refractivity contribution is 5.76. The van der Waals surface area contributed by atoms with Crippen LogP contribution in [0.4, 0.5) is 0 Å². The van der Waals surface area contributed by atoms with E-state index in [-0.39, 0.29) is 18.1 Å². The van der Waals surface area contributed by atoms with Crippen LogP contribution in [0.2, 0.25) is 0 Å². The fourth-order valence-electron chi connectivity index (χ4n) is 3.84. The fourth-order valence-corrected chi connectivity index (χ4v) is 3.84. The molecule has 8 heteroatoms. The van der Waals surface area contributed by atoms with Crippen LogP contribution in [-0.2, 0) is 16.1 Å². The molecule has 1 aromatic rings. The van der Waals surface area contributed by atoms with Crippen LogP contribution in [0.3, 0.4) is 0 Å². The van der Waals surface area contributed by atoms with E-state index in [9.17, 15) is 4.79 Å². The van der Waals surface area contributed by atoms with E-state index in [0.29, 0.717) is 30.6 Å². The van der Waals surface area contributed by atoms with Gasteiger partial charge < -0.3 is 19.9 Å². The zero-order valence-corrected chi connectivity index (χ0v) is 15.9. The average Bonchev–Trinajstić information content (AvgIpc) is 3.18. The summed E-state index contributed by atoms with van der Waals surface area (Å²) in [5.74, 6) is 1.78. The summed E-state index contributed by atoms with van der Waals surface area (Å²) in [5.41, 5.74) is 6.12. The molecule has 1 amide bonds. The normalized spacial score (nSPS) is 26.0. The largest absolute Gasteiger partial charge is 0.374 e. The maximum Gasteiger partial charge on any atom is 0.240 e. The van der Waals surface area contributed by atoms with Gasteiger partial charge in [0.2, 0.25) is 11.8 Å². The zero-order valence-electron chi connectivity index (χ0n) is 15.9. The first-order valence-electron chi connectivity index (χ1n) is 9.67. The summed E-state index contributed by atoms with van der Waals surface area (Å²) >= 11 is 0. The highest BCUT2D eigenvalue weighted by Gasteiger charge is 2.29. The molecule has 2 heterocycles. The number of methoxy groups -OCH3 is 1. The smallest absolute Gasteiger partial charge is 0.240 e. The number of nitrogens with two attached hydrogens (primary N) is 1. The van der Waals surface area contributed by atoms with E-state index in [1.165, 1.54) is 0 Å². The number of ether oxygens (including phenoxy) is 1. The number of carbonyl (C=O) groups excluding carboxylic acids is 1. The molecule has 1 aliphatic heterocycles. The Morgan fingerprint density at radius 2 is 2.15 bits per heavy atom. The van der Waals surface area contributed by atoms with Gasteiger partial charge in [-0.25, -0.2) is 0 Å². The molecule has 1 aromatic heterocycles. The van der Waals surface area contributed by atoms with E-state index in [2.05, 4.69) is 15.0 Å². The summed E-state index contributed by atoms with van der Waals surface area (Å²) in [6.45, 7) is 5.80. The Balaban J connectivity index is 1.48. The highest BCUT2D eigenvalue weighted by atomic mass is 16.5. The van der Waals surface area contributed by atoms with Crippen LogP contribution in [0.5, 0.6) is 0 Å². The fraction of sp³-hybridized carbons (Fsp3) is 0.833. The van der Waals surface area contributed by atoms with Gasteiger partial charge in [0, 0.05) is 45.8 Å². The van der Waals surface area contributed by atoms with Crippen molar-refractivity contribution in [1.29, 1.82) is 0 Å². The molecule has 1 aliphatic carbocycles. The van der Waals surface area contributed by atoms with Crippen LogP contribution in [0.25, 0.3) is 0 Å². The number of nitrogens with zero attached hydrogens (tertiary/aromatic N) is 4. The Kier molecular flexibility index (Phi) is 6.61. The molecular formula is C18H31N5O3. The summed E-state index contributed by atoms with van der Waals surface area (Å²) in [6, 6.07) is 0.198. The first kappa shape index (κ1) is 19.3. The maximum absolute atomic E-state index is 12.6. The van der Waals surface area contributed by atoms with Crippen LogP contribution in [0, 0.1) is 5.92 Å². The molecule has 0 radical (unpaired) electrons. The molecule has 1 unspecified atom stereocenters. The summed E-state index contributed by atoms with van der Waals surface area (Å²) in [7, 11) is 1.62. The molecule has 26 heavy (non-hydrogen) atoms. The van der Waals surface area contributed by atoms with Gasteiger partial charge in [-0.1, -0.05) is 11.6 Å². The van der Waals surface area contributed by atoms with Gasteiger partial charge in [0.1, 0.15) is 6.10 Å². The van der Waals surface area contributed by atoms with Crippen LogP contribution in [0.15, 0.2) is 4.52 Å². The monoisotopic (exact) mass is 365 g/mol. The third kappa shape index (κ3) is 4.81. The van der Waals surface area contributed by atoms with Crippen LogP contribution in [-0.4, -0.2) is 65.2 Å². The lowest BCUT2D eigenvalue weighted by Gasteiger charge is -2.24. The van der Waals surface area contributed by atoms with Gasteiger partial charge in [0.25, 0.3) is 0 Å². The van der Waals surface area contributed by atoms with E-state index in [0.717, 1.165) is 51.9 Å². The van der Waals surface area contributed by atoms with Gasteiger partial charge in [0.15, 0.2) is 5.82 Å². The summed E-state index contributed by atoms with van der Waals surface area (Å²) < 4.78 is 10.5. The van der Waals surface area contributed by atoms with Crippen molar-refractivity contribution >= 4 is 5.91 Å². The predicted octanol–water partition coefficient (Wildman–Crippen LogP) is 1.33. The van der Waals surface area contributed by atoms with Crippen molar-refractivity contribution in [3.8, 4) is 0 Å². The lowest BCUT2D eigenvalue weighted by Crippen LogP contribution is -2.37. The predicted molar refractivity (Wildman–Crippen MR) is 96.1 cm³/mol. The Morgan fingerprint density at radius 1 is 1.31 bits per heavy atom. The minimum Gasteiger partial charge on any atom is -0.374 e. The van der Waals surface area contributed by atoms with Gasteiger partial charge >= 0.3 is 0 Å². The standard InChI is InChI=1S/C18H31N5O3/c1-13(25-2)18-20-16(26-21-18)12-22-7-4-8-23(10-9-22)17(24)11-14-5-3-6-15(14)19/h13-15H,3-12,19H2,1-2H3/t13?,14-,15+/m0/s1. The number of hydrogen-bond acceptors (Lipinski definition) is 7. The number of amides is 1. The van der Waals surface area contributed by atoms with Crippen LogP contribution < -0.4 is 5.73 Å². The van der Waals surface area contributed by atoms with Gasteiger partial charge in [-0.3, -0.25) is 9.69 Å². The van der Waals surface area contributed by atoms with Crippen LogP contribution >= 0.6 is 0 Å². The summed E-state index contributed by atoms with van der Waals surface area (Å²) in [5, 5.41) is 3.97. The van der Waals surface area contributed by atoms with Gasteiger partial charge in [0.05, 0.1) is 6.54 Å². The van der Waals surface area contributed by atoms with E-state index < -0.39 is 0 Å². The molecule has 3 rings (SSSR count). The molecule has 0 spiro atoms. The SMILES string of the molecule is COC(C)c1noc(CN2CCCN(C(=O)C[C@@H]3CCC[C@H]3N)CC2)n1. The highest BCUT2D eigenvalue weighted by Crippen LogP contribution is 2.27. The van der Waals surface area contributed by atoms with Crippen molar-refractivity contribution in [2.75, 3.05) is 33.3 Å². The Morgan fingerprint density at radius 3 is 2.88 bits per heavy atom. The first-order valence-corrected chi connectivity index (χ1v) is 9.67. The summed E-state index contributed by atoms with van der Waals surface area (Å²) in [4.78, 5) is 21.3. The van der Waals surface area contributed by atoms with Crippen molar-refractivity contribution in [1.82, 2.24) is 19.9 Å². The molecule has 1 saturated carbocycles. The zero-order chi connectivity index (χ0) is 18.5. The Bertz CT molecular complexity index is 593. The molecule has 0 aromatic carbocycles. The lowest BCUT2D eigenvalue weighted by molar-refractivity contribution is -0.132. The molecule has 8 nitrogen and oxygen atoms in total. The number of aromatic nitrogens is 2. The van der Waals surface area contributed by atoms with Gasteiger partial charge in [-0.2, -0.15) is 4.98 Å². The Hall–Kier alpha value is -1.51. The van der Waals surface area contributed by atoms with Crippen molar-refractivity contribution in [3.63, 3.8) is 0 Å². The minimum atomic E-state index is -0.174. The van der Waals surface area contributed by atoms with Crippen molar-refractivity contribution in [2.45, 2.75) is 57.7 Å². The number of rotatable bonds is 6. The number of carbonyl (C=O) groups is 1. The minimum absolute atomic E-state index is 0.174. The quantitative estimate of drug-likeness (QED) is 0.812. The molecular weight excluding hydrogens is 334 g/mol.